The molecule has 0 spiro atoms. The summed E-state index contributed by atoms with van der Waals surface area (Å²) in [5.74, 6) is 0.0276. The highest BCUT2D eigenvalue weighted by molar-refractivity contribution is 7.89. The summed E-state index contributed by atoms with van der Waals surface area (Å²) in [5.41, 5.74) is 0.917. The van der Waals surface area contributed by atoms with Gasteiger partial charge in [-0.3, -0.25) is 4.79 Å². The van der Waals surface area contributed by atoms with Crippen LogP contribution in [0.3, 0.4) is 0 Å². The van der Waals surface area contributed by atoms with Crippen molar-refractivity contribution in [3.63, 3.8) is 0 Å². The molecule has 3 rings (SSSR count). The molecule has 0 saturated heterocycles. The number of aliphatic hydroxyl groups excluding tert-OH is 1. The number of hydrogen-bond acceptors (Lipinski definition) is 4. The summed E-state index contributed by atoms with van der Waals surface area (Å²) in [5, 5.41) is 9.33. The summed E-state index contributed by atoms with van der Waals surface area (Å²) in [7, 11) is -1.93. The summed E-state index contributed by atoms with van der Waals surface area (Å²) < 4.78 is 27.8. The predicted octanol–water partition coefficient (Wildman–Crippen LogP) is 1.38. The van der Waals surface area contributed by atoms with Crippen molar-refractivity contribution in [2.75, 3.05) is 25.1 Å². The second-order valence-electron chi connectivity index (χ2n) is 7.68. The van der Waals surface area contributed by atoms with E-state index >= 15 is 0 Å². The fourth-order valence-corrected chi connectivity index (χ4v) is 4.33. The van der Waals surface area contributed by atoms with Gasteiger partial charge in [0.2, 0.25) is 15.9 Å². The van der Waals surface area contributed by atoms with E-state index in [-0.39, 0.29) is 29.4 Å². The second kappa shape index (κ2) is 5.54. The van der Waals surface area contributed by atoms with Gasteiger partial charge in [-0.1, -0.05) is 13.8 Å². The zero-order chi connectivity index (χ0) is 17.8. The Morgan fingerprint density at radius 2 is 1.96 bits per heavy atom. The molecule has 0 atom stereocenters. The van der Waals surface area contributed by atoms with Gasteiger partial charge in [0, 0.05) is 43.1 Å². The third-order valence-electron chi connectivity index (χ3n) is 5.27. The Kier molecular flexibility index (Phi) is 4.01. The van der Waals surface area contributed by atoms with E-state index < -0.39 is 15.4 Å². The first-order valence-electron chi connectivity index (χ1n) is 8.12. The maximum atomic E-state index is 12.6. The Morgan fingerprint density at radius 3 is 2.54 bits per heavy atom. The number of hydrogen-bond donors (Lipinski definition) is 2. The van der Waals surface area contributed by atoms with Crippen molar-refractivity contribution >= 4 is 21.6 Å². The van der Waals surface area contributed by atoms with Crippen molar-refractivity contribution in [1.29, 1.82) is 0 Å². The number of sulfonamides is 1. The highest BCUT2D eigenvalue weighted by Crippen LogP contribution is 2.45. The molecule has 6 nitrogen and oxygen atoms in total. The lowest BCUT2D eigenvalue weighted by Crippen LogP contribution is -2.40. The number of nitrogens with zero attached hydrogens (tertiary/aromatic N) is 1. The SMILES string of the molecule is CN1C(=O)CC(C)(C)c2cc(S(=O)(=O)NCC3(CO)CC3)ccc21. The molecular formula is C17H24N2O4S. The van der Waals surface area contributed by atoms with Crippen molar-refractivity contribution in [2.24, 2.45) is 5.41 Å². The molecule has 2 aliphatic rings. The lowest BCUT2D eigenvalue weighted by Gasteiger charge is -2.37. The van der Waals surface area contributed by atoms with Gasteiger partial charge in [0.15, 0.2) is 0 Å². The van der Waals surface area contributed by atoms with Crippen LogP contribution in [0.5, 0.6) is 0 Å². The van der Waals surface area contributed by atoms with Gasteiger partial charge < -0.3 is 10.0 Å². The van der Waals surface area contributed by atoms with Crippen molar-refractivity contribution in [3.8, 4) is 0 Å². The molecule has 7 heteroatoms. The summed E-state index contributed by atoms with van der Waals surface area (Å²) in [6, 6.07) is 4.89. The van der Waals surface area contributed by atoms with Crippen LogP contribution in [0.1, 0.15) is 38.7 Å². The van der Waals surface area contributed by atoms with E-state index in [9.17, 15) is 18.3 Å². The van der Waals surface area contributed by atoms with E-state index in [1.165, 1.54) is 6.07 Å². The molecular weight excluding hydrogens is 328 g/mol. The summed E-state index contributed by atoms with van der Waals surface area (Å²) in [6.07, 6.45) is 2.04. The Labute approximate surface area is 142 Å². The van der Waals surface area contributed by atoms with Gasteiger partial charge in [0.25, 0.3) is 0 Å². The lowest BCUT2D eigenvalue weighted by molar-refractivity contribution is -0.119. The van der Waals surface area contributed by atoms with Crippen molar-refractivity contribution in [2.45, 2.75) is 43.4 Å². The van der Waals surface area contributed by atoms with Crippen LogP contribution in [-0.2, 0) is 20.2 Å². The van der Waals surface area contributed by atoms with Crippen LogP contribution < -0.4 is 9.62 Å². The molecule has 2 N–H and O–H groups in total. The molecule has 1 heterocycles. The maximum Gasteiger partial charge on any atom is 0.240 e. The molecule has 1 amide bonds. The van der Waals surface area contributed by atoms with Crippen molar-refractivity contribution in [3.05, 3.63) is 23.8 Å². The molecule has 1 saturated carbocycles. The van der Waals surface area contributed by atoms with Crippen LogP contribution in [0.2, 0.25) is 0 Å². The molecule has 0 unspecified atom stereocenters. The van der Waals surface area contributed by atoms with Gasteiger partial charge in [0.1, 0.15) is 0 Å². The molecule has 0 aromatic heterocycles. The average Bonchev–Trinajstić information content (AvgIpc) is 3.31. The molecule has 1 aromatic rings. The van der Waals surface area contributed by atoms with E-state index in [4.69, 9.17) is 0 Å². The van der Waals surface area contributed by atoms with Gasteiger partial charge in [-0.05, 0) is 36.6 Å². The fourth-order valence-electron chi connectivity index (χ4n) is 3.14. The zero-order valence-corrected chi connectivity index (χ0v) is 15.1. The van der Waals surface area contributed by atoms with Gasteiger partial charge in [0.05, 0.1) is 4.90 Å². The number of nitrogens with one attached hydrogen (secondary N) is 1. The number of amides is 1. The first-order valence-corrected chi connectivity index (χ1v) is 9.60. The lowest BCUT2D eigenvalue weighted by atomic mass is 9.77. The number of anilines is 1. The number of carbonyl (C=O) groups is 1. The second-order valence-corrected chi connectivity index (χ2v) is 9.44. The van der Waals surface area contributed by atoms with Gasteiger partial charge in [-0.15, -0.1) is 0 Å². The molecule has 0 radical (unpaired) electrons. The van der Waals surface area contributed by atoms with Gasteiger partial charge in [-0.2, -0.15) is 0 Å². The molecule has 0 bridgehead atoms. The third kappa shape index (κ3) is 2.96. The van der Waals surface area contributed by atoms with Crippen LogP contribution in [0.15, 0.2) is 23.1 Å². The standard InChI is InChI=1S/C17H24N2O4S/c1-16(2)9-15(21)19(3)14-5-4-12(8-13(14)16)24(22,23)18-10-17(11-20)6-7-17/h4-5,8,18,20H,6-7,9-11H2,1-3H3. The Hall–Kier alpha value is -1.44. The molecule has 1 aromatic carbocycles. The topological polar surface area (TPSA) is 86.7 Å². The van der Waals surface area contributed by atoms with Crippen LogP contribution in [-0.4, -0.2) is 39.6 Å². The largest absolute Gasteiger partial charge is 0.396 e. The predicted molar refractivity (Wildman–Crippen MR) is 91.4 cm³/mol. The smallest absolute Gasteiger partial charge is 0.240 e. The van der Waals surface area contributed by atoms with Crippen LogP contribution in [0, 0.1) is 5.41 Å². The van der Waals surface area contributed by atoms with Gasteiger partial charge in [-0.25, -0.2) is 13.1 Å². The number of benzene rings is 1. The number of carbonyl (C=O) groups excluding carboxylic acids is 1. The minimum atomic E-state index is -3.64. The van der Waals surface area contributed by atoms with E-state index in [2.05, 4.69) is 4.72 Å². The molecule has 132 valence electrons. The first kappa shape index (κ1) is 17.4. The maximum absolute atomic E-state index is 12.6. The number of aliphatic hydroxyl groups is 1. The van der Waals surface area contributed by atoms with Crippen molar-refractivity contribution < 1.29 is 18.3 Å². The molecule has 1 fully saturated rings. The quantitative estimate of drug-likeness (QED) is 0.838. The minimum Gasteiger partial charge on any atom is -0.396 e. The zero-order valence-electron chi connectivity index (χ0n) is 14.3. The molecule has 1 aliphatic carbocycles. The van der Waals surface area contributed by atoms with Crippen LogP contribution >= 0.6 is 0 Å². The van der Waals surface area contributed by atoms with E-state index in [1.54, 1.807) is 24.1 Å². The fraction of sp³-hybridized carbons (Fsp3) is 0.588. The highest BCUT2D eigenvalue weighted by atomic mass is 32.2. The highest BCUT2D eigenvalue weighted by Gasteiger charge is 2.43. The molecule has 24 heavy (non-hydrogen) atoms. The normalized spacial score (nSPS) is 21.5. The monoisotopic (exact) mass is 352 g/mol. The van der Waals surface area contributed by atoms with Crippen LogP contribution in [0.4, 0.5) is 5.69 Å². The minimum absolute atomic E-state index is 0.000352. The van der Waals surface area contributed by atoms with E-state index in [0.717, 1.165) is 24.1 Å². The van der Waals surface area contributed by atoms with E-state index in [1.807, 2.05) is 13.8 Å². The first-order chi connectivity index (χ1) is 11.1. The Morgan fingerprint density at radius 1 is 1.29 bits per heavy atom. The van der Waals surface area contributed by atoms with E-state index in [0.29, 0.717) is 6.42 Å². The van der Waals surface area contributed by atoms with Crippen LogP contribution in [0.25, 0.3) is 0 Å². The number of fused-ring (bicyclic) bond motifs is 1. The summed E-state index contributed by atoms with van der Waals surface area (Å²) in [4.78, 5) is 13.9. The molecule has 1 aliphatic heterocycles. The number of rotatable bonds is 5. The third-order valence-corrected chi connectivity index (χ3v) is 6.66. The Bertz CT molecular complexity index is 782. The van der Waals surface area contributed by atoms with Crippen molar-refractivity contribution in [1.82, 2.24) is 4.72 Å². The summed E-state index contributed by atoms with van der Waals surface area (Å²) in [6.45, 7) is 4.15. The summed E-state index contributed by atoms with van der Waals surface area (Å²) >= 11 is 0. The average molecular weight is 352 g/mol. The van der Waals surface area contributed by atoms with Gasteiger partial charge >= 0.3 is 0 Å². The Balaban J connectivity index is 1.91.